The van der Waals surface area contributed by atoms with Gasteiger partial charge in [-0.05, 0) is 37.2 Å². The Morgan fingerprint density at radius 3 is 2.26 bits per heavy atom. The molecule has 1 aliphatic rings. The molecule has 104 valence electrons. The van der Waals surface area contributed by atoms with Crippen LogP contribution >= 0.6 is 0 Å². The predicted octanol–water partition coefficient (Wildman–Crippen LogP) is 3.14. The molecule has 1 aromatic rings. The van der Waals surface area contributed by atoms with Crippen LogP contribution in [0.25, 0.3) is 0 Å². The van der Waals surface area contributed by atoms with Crippen LogP contribution in [-0.2, 0) is 4.79 Å². The maximum absolute atomic E-state index is 11.3. The summed E-state index contributed by atoms with van der Waals surface area (Å²) in [6.45, 7) is 5.97. The van der Waals surface area contributed by atoms with Crippen LogP contribution in [0.5, 0.6) is 0 Å². The summed E-state index contributed by atoms with van der Waals surface area (Å²) in [4.78, 5) is 11.3. The minimum Gasteiger partial charge on any atom is -0.480 e. The van der Waals surface area contributed by atoms with Crippen LogP contribution in [0, 0.1) is 18.8 Å². The summed E-state index contributed by atoms with van der Waals surface area (Å²) >= 11 is 0. The van der Waals surface area contributed by atoms with Crippen LogP contribution in [-0.4, -0.2) is 17.1 Å². The van der Waals surface area contributed by atoms with Gasteiger partial charge < -0.3 is 5.11 Å². The fourth-order valence-corrected chi connectivity index (χ4v) is 2.45. The van der Waals surface area contributed by atoms with Gasteiger partial charge in [0.2, 0.25) is 0 Å². The molecule has 0 radical (unpaired) electrons. The lowest BCUT2D eigenvalue weighted by Gasteiger charge is -2.26. The summed E-state index contributed by atoms with van der Waals surface area (Å²) < 4.78 is 0. The van der Waals surface area contributed by atoms with Gasteiger partial charge in [-0.3, -0.25) is 10.1 Å². The summed E-state index contributed by atoms with van der Waals surface area (Å²) in [5, 5.41) is 12.7. The Labute approximate surface area is 115 Å². The summed E-state index contributed by atoms with van der Waals surface area (Å²) in [5.41, 5.74) is 2.44. The van der Waals surface area contributed by atoms with Crippen molar-refractivity contribution in [2.45, 2.75) is 45.7 Å². The van der Waals surface area contributed by atoms with E-state index in [0.717, 1.165) is 0 Å². The Kier molecular flexibility index (Phi) is 4.25. The molecule has 2 rings (SSSR count). The van der Waals surface area contributed by atoms with Gasteiger partial charge >= 0.3 is 5.97 Å². The summed E-state index contributed by atoms with van der Waals surface area (Å²) in [7, 11) is 0. The zero-order valence-electron chi connectivity index (χ0n) is 11.9. The Morgan fingerprint density at radius 2 is 1.84 bits per heavy atom. The lowest BCUT2D eigenvalue weighted by Crippen LogP contribution is -2.43. The highest BCUT2D eigenvalue weighted by atomic mass is 16.4. The molecule has 1 saturated carbocycles. The monoisotopic (exact) mass is 261 g/mol. The fourth-order valence-electron chi connectivity index (χ4n) is 2.45. The molecule has 0 heterocycles. The molecule has 1 aromatic carbocycles. The van der Waals surface area contributed by atoms with Crippen molar-refractivity contribution in [1.82, 2.24) is 5.32 Å². The van der Waals surface area contributed by atoms with Crippen molar-refractivity contribution in [3.05, 3.63) is 35.4 Å². The first-order valence-corrected chi connectivity index (χ1v) is 7.04. The van der Waals surface area contributed by atoms with E-state index in [-0.39, 0.29) is 12.0 Å². The van der Waals surface area contributed by atoms with E-state index in [0.29, 0.717) is 5.92 Å². The number of rotatable bonds is 6. The number of aryl methyl sites for hydroxylation is 1. The zero-order valence-corrected chi connectivity index (χ0v) is 11.9. The van der Waals surface area contributed by atoms with Crippen LogP contribution in [0.3, 0.4) is 0 Å². The normalized spacial score (nSPS) is 18.3. The van der Waals surface area contributed by atoms with Crippen molar-refractivity contribution in [3.63, 3.8) is 0 Å². The molecular weight excluding hydrogens is 238 g/mol. The molecule has 0 amide bonds. The van der Waals surface area contributed by atoms with Crippen molar-refractivity contribution in [2.75, 3.05) is 0 Å². The van der Waals surface area contributed by atoms with Crippen LogP contribution in [0.2, 0.25) is 0 Å². The van der Waals surface area contributed by atoms with E-state index in [2.05, 4.69) is 36.5 Å². The van der Waals surface area contributed by atoms with Crippen LogP contribution in [0.1, 0.15) is 43.9 Å². The first-order chi connectivity index (χ1) is 8.99. The Hall–Kier alpha value is -1.35. The van der Waals surface area contributed by atoms with Crippen molar-refractivity contribution in [2.24, 2.45) is 11.8 Å². The molecule has 2 N–H and O–H groups in total. The van der Waals surface area contributed by atoms with Crippen LogP contribution in [0.4, 0.5) is 0 Å². The second-order valence-corrected chi connectivity index (χ2v) is 5.95. The molecular formula is C16H23NO2. The molecule has 1 aliphatic carbocycles. The predicted molar refractivity (Wildman–Crippen MR) is 76.0 cm³/mol. The Balaban J connectivity index is 2.16. The minimum absolute atomic E-state index is 0.0872. The van der Waals surface area contributed by atoms with Gasteiger partial charge in [0, 0.05) is 6.04 Å². The number of nitrogens with one attached hydrogen (secondary N) is 1. The summed E-state index contributed by atoms with van der Waals surface area (Å²) in [5.74, 6) is -0.0831. The van der Waals surface area contributed by atoms with Gasteiger partial charge in [0.1, 0.15) is 6.04 Å². The van der Waals surface area contributed by atoms with Gasteiger partial charge in [0.15, 0.2) is 0 Å². The number of carboxylic acid groups (broad SMARTS) is 1. The summed E-state index contributed by atoms with van der Waals surface area (Å²) in [6.07, 6.45) is 2.38. The molecule has 0 saturated heterocycles. The van der Waals surface area contributed by atoms with E-state index in [9.17, 15) is 9.90 Å². The van der Waals surface area contributed by atoms with Crippen LogP contribution in [0.15, 0.2) is 24.3 Å². The van der Waals surface area contributed by atoms with E-state index < -0.39 is 12.0 Å². The molecule has 1 fully saturated rings. The topological polar surface area (TPSA) is 49.3 Å². The highest BCUT2D eigenvalue weighted by Gasteiger charge is 2.35. The van der Waals surface area contributed by atoms with Crippen molar-refractivity contribution in [3.8, 4) is 0 Å². The van der Waals surface area contributed by atoms with Crippen LogP contribution < -0.4 is 5.32 Å². The second kappa shape index (κ2) is 5.74. The first-order valence-electron chi connectivity index (χ1n) is 7.04. The van der Waals surface area contributed by atoms with Gasteiger partial charge in [-0.1, -0.05) is 43.7 Å². The third-order valence-corrected chi connectivity index (χ3v) is 3.82. The van der Waals surface area contributed by atoms with E-state index in [4.69, 9.17) is 0 Å². The van der Waals surface area contributed by atoms with E-state index in [1.165, 1.54) is 24.0 Å². The zero-order chi connectivity index (χ0) is 14.0. The molecule has 3 heteroatoms. The number of benzene rings is 1. The smallest absolute Gasteiger partial charge is 0.320 e. The maximum atomic E-state index is 11.3. The van der Waals surface area contributed by atoms with Gasteiger partial charge in [0.05, 0.1) is 0 Å². The average Bonchev–Trinajstić information content (AvgIpc) is 3.15. The number of carboxylic acids is 1. The first kappa shape index (κ1) is 14.1. The standard InChI is InChI=1S/C16H23NO2/c1-10(2)14(16(18)19)17-15(13-8-9-13)12-6-4-11(3)5-7-12/h4-7,10,13-15,17H,8-9H2,1-3H3,(H,18,19). The Bertz CT molecular complexity index is 435. The molecule has 0 aromatic heterocycles. The SMILES string of the molecule is Cc1ccc(C(NC(C(=O)O)C(C)C)C2CC2)cc1. The van der Waals surface area contributed by atoms with E-state index in [1.807, 2.05) is 13.8 Å². The quantitative estimate of drug-likeness (QED) is 0.827. The third kappa shape index (κ3) is 3.57. The highest BCUT2D eigenvalue weighted by Crippen LogP contribution is 2.41. The van der Waals surface area contributed by atoms with Gasteiger partial charge in [-0.25, -0.2) is 0 Å². The van der Waals surface area contributed by atoms with E-state index >= 15 is 0 Å². The number of hydrogen-bond donors (Lipinski definition) is 2. The van der Waals surface area contributed by atoms with Gasteiger partial charge in [-0.2, -0.15) is 0 Å². The summed E-state index contributed by atoms with van der Waals surface area (Å²) in [6, 6.07) is 8.11. The fraction of sp³-hybridized carbons (Fsp3) is 0.562. The molecule has 0 spiro atoms. The highest BCUT2D eigenvalue weighted by molar-refractivity contribution is 5.73. The van der Waals surface area contributed by atoms with Crippen molar-refractivity contribution < 1.29 is 9.90 Å². The Morgan fingerprint density at radius 1 is 1.26 bits per heavy atom. The largest absolute Gasteiger partial charge is 0.480 e. The molecule has 0 aliphatic heterocycles. The molecule has 0 bridgehead atoms. The lowest BCUT2D eigenvalue weighted by atomic mass is 9.97. The third-order valence-electron chi connectivity index (χ3n) is 3.82. The van der Waals surface area contributed by atoms with Gasteiger partial charge in [0.25, 0.3) is 0 Å². The number of aliphatic carboxylic acids is 1. The second-order valence-electron chi connectivity index (χ2n) is 5.95. The van der Waals surface area contributed by atoms with Crippen molar-refractivity contribution in [1.29, 1.82) is 0 Å². The number of hydrogen-bond acceptors (Lipinski definition) is 2. The molecule has 19 heavy (non-hydrogen) atoms. The maximum Gasteiger partial charge on any atom is 0.320 e. The number of carbonyl (C=O) groups is 1. The van der Waals surface area contributed by atoms with E-state index in [1.54, 1.807) is 0 Å². The average molecular weight is 261 g/mol. The minimum atomic E-state index is -0.757. The lowest BCUT2D eigenvalue weighted by molar-refractivity contribution is -0.141. The molecule has 2 unspecified atom stereocenters. The molecule has 2 atom stereocenters. The van der Waals surface area contributed by atoms with Gasteiger partial charge in [-0.15, -0.1) is 0 Å². The van der Waals surface area contributed by atoms with Crippen molar-refractivity contribution >= 4 is 5.97 Å². The molecule has 3 nitrogen and oxygen atoms in total.